The van der Waals surface area contributed by atoms with Crippen LogP contribution in [0.3, 0.4) is 0 Å². The number of alkyl carbamates (subject to hydrolysis) is 1. The summed E-state index contributed by atoms with van der Waals surface area (Å²) in [7, 11) is 0. The van der Waals surface area contributed by atoms with Crippen LogP contribution in [0.1, 0.15) is 54.0 Å². The number of para-hydroxylation sites is 1. The Hall–Kier alpha value is -3.03. The lowest BCUT2D eigenvalue weighted by Gasteiger charge is -2.25. The standard InChI is InChI=1S/C23H33N3O5/c1-14(20(28)30-22(2,3)4)25-19(27)18(26-21(29)31-23(5,6)7)12-15-13-24-17-11-9-8-10-16(15)17/h8-11,13-14,18,24H,12H2,1-7H3,(H,25,27)(H,26,29)/t14-,18-/m0/s1. The molecule has 2 aromatic rings. The van der Waals surface area contributed by atoms with Gasteiger partial charge in [-0.25, -0.2) is 9.59 Å². The molecule has 8 heteroatoms. The molecule has 0 saturated carbocycles. The number of H-pyrrole nitrogens is 1. The van der Waals surface area contributed by atoms with Gasteiger partial charge >= 0.3 is 12.1 Å². The summed E-state index contributed by atoms with van der Waals surface area (Å²) in [5, 5.41) is 6.22. The second kappa shape index (κ2) is 9.41. The average Bonchev–Trinajstić information content (AvgIpc) is 3.01. The Morgan fingerprint density at radius 2 is 1.58 bits per heavy atom. The number of benzene rings is 1. The Morgan fingerprint density at radius 3 is 2.19 bits per heavy atom. The molecule has 2 rings (SSSR count). The van der Waals surface area contributed by atoms with Crippen molar-refractivity contribution >= 4 is 28.9 Å². The molecule has 1 aromatic carbocycles. The number of amides is 2. The number of aromatic amines is 1. The molecule has 0 fully saturated rings. The van der Waals surface area contributed by atoms with Crippen LogP contribution in [-0.2, 0) is 25.5 Å². The number of hydrogen-bond donors (Lipinski definition) is 3. The van der Waals surface area contributed by atoms with E-state index in [2.05, 4.69) is 15.6 Å². The molecule has 0 radical (unpaired) electrons. The van der Waals surface area contributed by atoms with Gasteiger partial charge in [0, 0.05) is 23.5 Å². The first-order valence-corrected chi connectivity index (χ1v) is 10.3. The van der Waals surface area contributed by atoms with Gasteiger partial charge in [0.2, 0.25) is 5.91 Å². The highest BCUT2D eigenvalue weighted by atomic mass is 16.6. The second-order valence-corrected chi connectivity index (χ2v) is 9.53. The zero-order valence-electron chi connectivity index (χ0n) is 19.3. The van der Waals surface area contributed by atoms with E-state index in [-0.39, 0.29) is 6.42 Å². The molecular formula is C23H33N3O5. The predicted molar refractivity (Wildman–Crippen MR) is 119 cm³/mol. The van der Waals surface area contributed by atoms with Gasteiger partial charge in [-0.2, -0.15) is 0 Å². The summed E-state index contributed by atoms with van der Waals surface area (Å²) in [5.74, 6) is -1.06. The lowest BCUT2D eigenvalue weighted by molar-refractivity contribution is -0.158. The van der Waals surface area contributed by atoms with Gasteiger partial charge in [-0.15, -0.1) is 0 Å². The maximum absolute atomic E-state index is 13.0. The van der Waals surface area contributed by atoms with Crippen LogP contribution in [0, 0.1) is 0 Å². The molecule has 0 aliphatic heterocycles. The average molecular weight is 432 g/mol. The van der Waals surface area contributed by atoms with Gasteiger partial charge in [-0.3, -0.25) is 4.79 Å². The molecule has 0 spiro atoms. The van der Waals surface area contributed by atoms with Crippen molar-refractivity contribution in [2.75, 3.05) is 0 Å². The lowest BCUT2D eigenvalue weighted by atomic mass is 10.0. The number of nitrogens with one attached hydrogen (secondary N) is 3. The quantitative estimate of drug-likeness (QED) is 0.607. The third-order valence-corrected chi connectivity index (χ3v) is 4.23. The van der Waals surface area contributed by atoms with Crippen molar-refractivity contribution in [1.82, 2.24) is 15.6 Å². The number of hydrogen-bond acceptors (Lipinski definition) is 5. The first kappa shape index (κ1) is 24.2. The van der Waals surface area contributed by atoms with Crippen LogP contribution in [0.2, 0.25) is 0 Å². The fraction of sp³-hybridized carbons (Fsp3) is 0.522. The van der Waals surface area contributed by atoms with E-state index in [0.29, 0.717) is 0 Å². The van der Waals surface area contributed by atoms with Crippen molar-refractivity contribution in [2.24, 2.45) is 0 Å². The number of esters is 1. The van der Waals surface area contributed by atoms with Crippen LogP contribution in [0.4, 0.5) is 4.79 Å². The summed E-state index contributed by atoms with van der Waals surface area (Å²) in [6, 6.07) is 5.86. The minimum absolute atomic E-state index is 0.218. The minimum Gasteiger partial charge on any atom is -0.458 e. The van der Waals surface area contributed by atoms with Crippen molar-refractivity contribution in [3.8, 4) is 0 Å². The second-order valence-electron chi connectivity index (χ2n) is 9.53. The van der Waals surface area contributed by atoms with E-state index >= 15 is 0 Å². The van der Waals surface area contributed by atoms with Gasteiger partial charge in [-0.05, 0) is 60.1 Å². The highest BCUT2D eigenvalue weighted by Crippen LogP contribution is 2.19. The molecule has 2 atom stereocenters. The molecule has 2 amide bonds. The third kappa shape index (κ3) is 7.62. The summed E-state index contributed by atoms with van der Waals surface area (Å²) < 4.78 is 10.6. The van der Waals surface area contributed by atoms with Crippen LogP contribution in [0.25, 0.3) is 10.9 Å². The van der Waals surface area contributed by atoms with Gasteiger partial charge in [0.05, 0.1) is 0 Å². The molecule has 1 heterocycles. The number of carbonyl (C=O) groups excluding carboxylic acids is 3. The summed E-state index contributed by atoms with van der Waals surface area (Å²) in [6.45, 7) is 12.0. The Morgan fingerprint density at radius 1 is 0.968 bits per heavy atom. The highest BCUT2D eigenvalue weighted by Gasteiger charge is 2.29. The molecule has 0 bridgehead atoms. The summed E-state index contributed by atoms with van der Waals surface area (Å²) >= 11 is 0. The van der Waals surface area contributed by atoms with Crippen molar-refractivity contribution in [2.45, 2.75) is 78.2 Å². The normalized spacial score (nSPS) is 13.9. The predicted octanol–water partition coefficient (Wildman–Crippen LogP) is 3.45. The van der Waals surface area contributed by atoms with E-state index in [0.717, 1.165) is 16.5 Å². The van der Waals surface area contributed by atoms with Crippen molar-refractivity contribution in [3.63, 3.8) is 0 Å². The van der Waals surface area contributed by atoms with Crippen LogP contribution in [-0.4, -0.2) is 46.2 Å². The third-order valence-electron chi connectivity index (χ3n) is 4.23. The molecule has 0 unspecified atom stereocenters. The van der Waals surface area contributed by atoms with Crippen LogP contribution in [0.5, 0.6) is 0 Å². The van der Waals surface area contributed by atoms with Gasteiger partial charge in [0.1, 0.15) is 23.3 Å². The van der Waals surface area contributed by atoms with Crippen LogP contribution >= 0.6 is 0 Å². The molecule has 8 nitrogen and oxygen atoms in total. The number of carbonyl (C=O) groups is 3. The van der Waals surface area contributed by atoms with Crippen molar-refractivity contribution < 1.29 is 23.9 Å². The molecule has 31 heavy (non-hydrogen) atoms. The first-order valence-electron chi connectivity index (χ1n) is 10.3. The monoisotopic (exact) mass is 431 g/mol. The molecule has 3 N–H and O–H groups in total. The van der Waals surface area contributed by atoms with Crippen molar-refractivity contribution in [1.29, 1.82) is 0 Å². The summed E-state index contributed by atoms with van der Waals surface area (Å²) in [4.78, 5) is 40.8. The fourth-order valence-electron chi connectivity index (χ4n) is 2.94. The number of fused-ring (bicyclic) bond motifs is 1. The number of aromatic nitrogens is 1. The summed E-state index contributed by atoms with van der Waals surface area (Å²) in [5.41, 5.74) is 0.400. The molecule has 0 saturated heterocycles. The van der Waals surface area contributed by atoms with Crippen LogP contribution < -0.4 is 10.6 Å². The van der Waals surface area contributed by atoms with Gasteiger partial charge in [0.25, 0.3) is 0 Å². The van der Waals surface area contributed by atoms with Crippen LogP contribution in [0.15, 0.2) is 30.5 Å². The maximum Gasteiger partial charge on any atom is 0.408 e. The van der Waals surface area contributed by atoms with Gasteiger partial charge in [0.15, 0.2) is 0 Å². The van der Waals surface area contributed by atoms with E-state index in [9.17, 15) is 14.4 Å². The maximum atomic E-state index is 13.0. The fourth-order valence-corrected chi connectivity index (χ4v) is 2.94. The van der Waals surface area contributed by atoms with E-state index in [4.69, 9.17) is 9.47 Å². The zero-order valence-corrected chi connectivity index (χ0v) is 19.3. The molecule has 170 valence electrons. The van der Waals surface area contributed by atoms with E-state index in [1.807, 2.05) is 24.3 Å². The number of ether oxygens (including phenoxy) is 2. The van der Waals surface area contributed by atoms with E-state index < -0.39 is 41.3 Å². The summed E-state index contributed by atoms with van der Waals surface area (Å²) in [6.07, 6.45) is 1.31. The highest BCUT2D eigenvalue weighted by molar-refractivity contribution is 5.91. The first-order chi connectivity index (χ1) is 14.2. The Balaban J connectivity index is 2.19. The van der Waals surface area contributed by atoms with E-state index in [1.54, 1.807) is 54.7 Å². The Labute approximate surface area is 183 Å². The largest absolute Gasteiger partial charge is 0.458 e. The molecular weight excluding hydrogens is 398 g/mol. The number of rotatable bonds is 6. The molecule has 0 aliphatic rings. The Kier molecular flexibility index (Phi) is 7.36. The zero-order chi connectivity index (χ0) is 23.4. The minimum atomic E-state index is -0.945. The molecule has 1 aromatic heterocycles. The lowest BCUT2D eigenvalue weighted by Crippen LogP contribution is -2.53. The SMILES string of the molecule is C[C@H](NC(=O)[C@H](Cc1c[nH]c2ccccc12)NC(=O)OC(C)(C)C)C(=O)OC(C)(C)C. The van der Waals surface area contributed by atoms with Gasteiger partial charge < -0.3 is 25.1 Å². The van der Waals surface area contributed by atoms with E-state index in [1.165, 1.54) is 0 Å². The Bertz CT molecular complexity index is 937. The van der Waals surface area contributed by atoms with Crippen molar-refractivity contribution in [3.05, 3.63) is 36.0 Å². The topological polar surface area (TPSA) is 110 Å². The smallest absolute Gasteiger partial charge is 0.408 e. The van der Waals surface area contributed by atoms with Gasteiger partial charge in [-0.1, -0.05) is 18.2 Å². The molecule has 0 aliphatic carbocycles.